The lowest BCUT2D eigenvalue weighted by molar-refractivity contribution is 0.0197. The third-order valence-corrected chi connectivity index (χ3v) is 6.91. The molecule has 0 aliphatic carbocycles. The minimum atomic E-state index is -3.69. The van der Waals surface area contributed by atoms with Crippen molar-refractivity contribution in [3.05, 3.63) is 36.7 Å². The molecule has 0 bridgehead atoms. The van der Waals surface area contributed by atoms with Crippen molar-refractivity contribution in [2.24, 2.45) is 0 Å². The van der Waals surface area contributed by atoms with Crippen molar-refractivity contribution < 1.29 is 17.9 Å². The second kappa shape index (κ2) is 8.28. The molecule has 0 saturated carbocycles. The molecule has 3 rings (SSSR count). The molecular formula is C21H29N3O4S. The van der Waals surface area contributed by atoms with Crippen LogP contribution in [0.5, 0.6) is 0 Å². The van der Waals surface area contributed by atoms with Gasteiger partial charge in [0.1, 0.15) is 5.60 Å². The molecule has 0 unspecified atom stereocenters. The van der Waals surface area contributed by atoms with Gasteiger partial charge in [-0.3, -0.25) is 4.98 Å². The van der Waals surface area contributed by atoms with Crippen molar-refractivity contribution in [3.8, 4) is 0 Å². The largest absolute Gasteiger partial charge is 0.444 e. The van der Waals surface area contributed by atoms with Gasteiger partial charge in [0.05, 0.1) is 4.90 Å². The van der Waals surface area contributed by atoms with Crippen molar-refractivity contribution in [2.75, 3.05) is 19.6 Å². The van der Waals surface area contributed by atoms with Crippen LogP contribution >= 0.6 is 0 Å². The van der Waals surface area contributed by atoms with Crippen LogP contribution in [0.4, 0.5) is 4.79 Å². The first-order valence-corrected chi connectivity index (χ1v) is 11.4. The molecule has 1 aliphatic rings. The molecule has 7 nitrogen and oxygen atoms in total. The SMILES string of the molecule is C[C@@H]1CN(C(=O)OC(C)(C)C)CCCCN1S(=O)(=O)c1ccc2cnccc2c1. The van der Waals surface area contributed by atoms with E-state index < -0.39 is 21.7 Å². The van der Waals surface area contributed by atoms with Crippen LogP contribution in [0.1, 0.15) is 40.5 Å². The second-order valence-corrected chi connectivity index (χ2v) is 10.4. The molecule has 0 spiro atoms. The number of fused-ring (bicyclic) bond motifs is 1. The number of nitrogens with zero attached hydrogens (tertiary/aromatic N) is 3. The third kappa shape index (κ3) is 5.05. The Balaban J connectivity index is 1.85. The average Bonchev–Trinajstić information content (AvgIpc) is 2.62. The Bertz CT molecular complexity index is 985. The van der Waals surface area contributed by atoms with E-state index in [1.165, 1.54) is 4.31 Å². The number of sulfonamides is 1. The van der Waals surface area contributed by atoms with Gasteiger partial charge in [-0.1, -0.05) is 6.07 Å². The Kier molecular flexibility index (Phi) is 6.14. The highest BCUT2D eigenvalue weighted by molar-refractivity contribution is 7.89. The van der Waals surface area contributed by atoms with Crippen LogP contribution in [-0.2, 0) is 14.8 Å². The molecule has 0 N–H and O–H groups in total. The Morgan fingerprint density at radius 2 is 1.86 bits per heavy atom. The van der Waals surface area contributed by atoms with E-state index in [0.29, 0.717) is 26.1 Å². The van der Waals surface area contributed by atoms with Gasteiger partial charge in [0.2, 0.25) is 10.0 Å². The molecule has 2 heterocycles. The number of carbonyl (C=O) groups is 1. The second-order valence-electron chi connectivity index (χ2n) is 8.48. The Hall–Kier alpha value is -2.19. The third-order valence-electron chi connectivity index (χ3n) is 4.90. The van der Waals surface area contributed by atoms with Crippen molar-refractivity contribution in [3.63, 3.8) is 0 Å². The number of carbonyl (C=O) groups excluding carboxylic acids is 1. The summed E-state index contributed by atoms with van der Waals surface area (Å²) < 4.78 is 33.8. The van der Waals surface area contributed by atoms with Crippen LogP contribution in [0.15, 0.2) is 41.6 Å². The lowest BCUT2D eigenvalue weighted by Crippen LogP contribution is -2.50. The van der Waals surface area contributed by atoms with E-state index in [0.717, 1.165) is 17.2 Å². The molecule has 1 aromatic heterocycles. The number of pyridine rings is 1. The molecule has 158 valence electrons. The minimum Gasteiger partial charge on any atom is -0.444 e. The van der Waals surface area contributed by atoms with Crippen molar-refractivity contribution in [2.45, 2.75) is 57.1 Å². The zero-order chi connectivity index (χ0) is 21.2. The maximum absolute atomic E-state index is 13.4. The molecule has 2 aromatic rings. The summed E-state index contributed by atoms with van der Waals surface area (Å²) in [5.41, 5.74) is -0.589. The average molecular weight is 420 g/mol. The first kappa shape index (κ1) is 21.5. The summed E-state index contributed by atoms with van der Waals surface area (Å²) in [6.07, 6.45) is 4.36. The number of benzene rings is 1. The summed E-state index contributed by atoms with van der Waals surface area (Å²) in [4.78, 5) is 18.5. The zero-order valence-corrected chi connectivity index (χ0v) is 18.3. The van der Waals surface area contributed by atoms with Crippen LogP contribution < -0.4 is 0 Å². The number of rotatable bonds is 2. The highest BCUT2D eigenvalue weighted by Gasteiger charge is 2.33. The first-order chi connectivity index (χ1) is 13.6. The van der Waals surface area contributed by atoms with Crippen LogP contribution in [0, 0.1) is 0 Å². The van der Waals surface area contributed by atoms with E-state index in [1.54, 1.807) is 41.6 Å². The molecule has 8 heteroatoms. The number of hydrogen-bond acceptors (Lipinski definition) is 5. The molecule has 1 saturated heterocycles. The Morgan fingerprint density at radius 1 is 1.14 bits per heavy atom. The van der Waals surface area contributed by atoms with Crippen molar-refractivity contribution >= 4 is 26.9 Å². The number of amides is 1. The lowest BCUT2D eigenvalue weighted by Gasteiger charge is -2.36. The van der Waals surface area contributed by atoms with E-state index in [9.17, 15) is 13.2 Å². The van der Waals surface area contributed by atoms with Crippen LogP contribution in [0.25, 0.3) is 10.8 Å². The number of aromatic nitrogens is 1. The standard InChI is InChI=1S/C21H29N3O4S/c1-16-15-23(20(25)28-21(2,3)4)11-5-6-12-24(16)29(26,27)19-8-7-18-14-22-10-9-17(18)13-19/h7-10,13-14,16H,5-6,11-12,15H2,1-4H3/t16-/m1/s1. The normalized spacial score (nSPS) is 19.6. The molecule has 29 heavy (non-hydrogen) atoms. The van der Waals surface area contributed by atoms with Gasteiger partial charge >= 0.3 is 6.09 Å². The van der Waals surface area contributed by atoms with Gasteiger partial charge in [-0.05, 0) is 64.1 Å². The Morgan fingerprint density at radius 3 is 2.59 bits per heavy atom. The van der Waals surface area contributed by atoms with Crippen molar-refractivity contribution in [1.29, 1.82) is 0 Å². The maximum Gasteiger partial charge on any atom is 0.410 e. The summed E-state index contributed by atoms with van der Waals surface area (Å²) in [7, 11) is -3.69. The molecular weight excluding hydrogens is 390 g/mol. The highest BCUT2D eigenvalue weighted by atomic mass is 32.2. The Labute approximate surface area is 172 Å². The predicted octanol–water partition coefficient (Wildman–Crippen LogP) is 3.64. The molecule has 0 radical (unpaired) electrons. The minimum absolute atomic E-state index is 0.257. The molecule has 1 fully saturated rings. The maximum atomic E-state index is 13.4. The molecule has 1 amide bonds. The fourth-order valence-corrected chi connectivity index (χ4v) is 5.20. The monoisotopic (exact) mass is 419 g/mol. The predicted molar refractivity (Wildman–Crippen MR) is 112 cm³/mol. The van der Waals surface area contributed by atoms with Gasteiger partial charge in [0.25, 0.3) is 0 Å². The fourth-order valence-electron chi connectivity index (χ4n) is 3.50. The number of ether oxygens (including phenoxy) is 1. The molecule has 1 atom stereocenters. The summed E-state index contributed by atoms with van der Waals surface area (Å²) in [6.45, 7) is 8.60. The van der Waals surface area contributed by atoms with E-state index in [4.69, 9.17) is 4.74 Å². The highest BCUT2D eigenvalue weighted by Crippen LogP contribution is 2.25. The van der Waals surface area contributed by atoms with Crippen LogP contribution in [0.3, 0.4) is 0 Å². The lowest BCUT2D eigenvalue weighted by atomic mass is 10.2. The van der Waals surface area contributed by atoms with Gasteiger partial charge in [0, 0.05) is 43.5 Å². The van der Waals surface area contributed by atoms with Gasteiger partial charge < -0.3 is 9.64 Å². The van der Waals surface area contributed by atoms with E-state index in [1.807, 2.05) is 27.7 Å². The van der Waals surface area contributed by atoms with Gasteiger partial charge in [-0.2, -0.15) is 4.31 Å². The van der Waals surface area contributed by atoms with Gasteiger partial charge in [-0.15, -0.1) is 0 Å². The number of hydrogen-bond donors (Lipinski definition) is 0. The quantitative estimate of drug-likeness (QED) is 0.742. The van der Waals surface area contributed by atoms with E-state index >= 15 is 0 Å². The fraction of sp³-hybridized carbons (Fsp3) is 0.524. The van der Waals surface area contributed by atoms with E-state index in [-0.39, 0.29) is 10.9 Å². The van der Waals surface area contributed by atoms with Gasteiger partial charge in [-0.25, -0.2) is 13.2 Å². The van der Waals surface area contributed by atoms with Crippen molar-refractivity contribution in [1.82, 2.24) is 14.2 Å². The molecule has 1 aromatic carbocycles. The zero-order valence-electron chi connectivity index (χ0n) is 17.5. The van der Waals surface area contributed by atoms with Crippen LogP contribution in [0.2, 0.25) is 0 Å². The van der Waals surface area contributed by atoms with Gasteiger partial charge in [0.15, 0.2) is 0 Å². The van der Waals surface area contributed by atoms with Crippen LogP contribution in [-0.4, -0.2) is 60.0 Å². The summed E-state index contributed by atoms with van der Waals surface area (Å²) in [5.74, 6) is 0. The summed E-state index contributed by atoms with van der Waals surface area (Å²) in [6, 6.07) is 6.52. The topological polar surface area (TPSA) is 79.8 Å². The smallest absolute Gasteiger partial charge is 0.410 e. The summed E-state index contributed by atoms with van der Waals surface area (Å²) in [5, 5.41) is 1.72. The molecule has 1 aliphatic heterocycles. The summed E-state index contributed by atoms with van der Waals surface area (Å²) >= 11 is 0. The van der Waals surface area contributed by atoms with E-state index in [2.05, 4.69) is 4.98 Å². The first-order valence-electron chi connectivity index (χ1n) is 9.91.